The molecule has 0 unspecified atom stereocenters. The van der Waals surface area contributed by atoms with Gasteiger partial charge in [-0.1, -0.05) is 78.9 Å². The minimum atomic E-state index is 0.879. The average molecular weight is 309 g/mol. The molecule has 0 atom stereocenters. The smallest absolute Gasteiger partial charge is 0.0482 e. The van der Waals surface area contributed by atoms with Crippen LogP contribution in [0.5, 0.6) is 0 Å². The van der Waals surface area contributed by atoms with E-state index in [1.54, 1.807) is 0 Å². The van der Waals surface area contributed by atoms with Gasteiger partial charge in [0.1, 0.15) is 0 Å². The third-order valence-electron chi connectivity index (χ3n) is 4.30. The van der Waals surface area contributed by atoms with Gasteiger partial charge >= 0.3 is 0 Å². The molecule has 3 aromatic carbocycles. The molecule has 0 N–H and O–H groups in total. The summed E-state index contributed by atoms with van der Waals surface area (Å²) >= 11 is 0. The summed E-state index contributed by atoms with van der Waals surface area (Å²) in [6.45, 7) is 0.879. The lowest BCUT2D eigenvalue weighted by Crippen LogP contribution is -2.22. The Morgan fingerprint density at radius 2 is 1.12 bits per heavy atom. The molecule has 24 heavy (non-hydrogen) atoms. The monoisotopic (exact) mass is 309 g/mol. The van der Waals surface area contributed by atoms with Crippen LogP contribution in [0.4, 0.5) is 5.69 Å². The zero-order valence-corrected chi connectivity index (χ0v) is 13.5. The molecule has 0 saturated heterocycles. The SMILES string of the molecule is C1=C(c2ccccc2)C=C(c2ccccc2)CN1c1ccccc1. The van der Waals surface area contributed by atoms with Gasteiger partial charge in [0.2, 0.25) is 0 Å². The van der Waals surface area contributed by atoms with E-state index in [-0.39, 0.29) is 0 Å². The third kappa shape index (κ3) is 3.02. The van der Waals surface area contributed by atoms with Crippen molar-refractivity contribution in [3.8, 4) is 0 Å². The maximum Gasteiger partial charge on any atom is 0.0482 e. The van der Waals surface area contributed by atoms with Gasteiger partial charge in [0, 0.05) is 18.4 Å². The van der Waals surface area contributed by atoms with E-state index in [1.165, 1.54) is 28.0 Å². The molecule has 1 aliphatic heterocycles. The quantitative estimate of drug-likeness (QED) is 0.606. The van der Waals surface area contributed by atoms with E-state index >= 15 is 0 Å². The molecule has 3 aromatic rings. The molecular weight excluding hydrogens is 290 g/mol. The van der Waals surface area contributed by atoms with E-state index in [1.807, 2.05) is 0 Å². The summed E-state index contributed by atoms with van der Waals surface area (Å²) in [7, 11) is 0. The van der Waals surface area contributed by atoms with Gasteiger partial charge in [-0.15, -0.1) is 0 Å². The second-order valence-corrected chi connectivity index (χ2v) is 5.95. The molecule has 0 aliphatic carbocycles. The van der Waals surface area contributed by atoms with Gasteiger partial charge in [0.05, 0.1) is 0 Å². The van der Waals surface area contributed by atoms with Crippen LogP contribution in [0.15, 0.2) is 103 Å². The Hall–Kier alpha value is -3.06. The predicted octanol–water partition coefficient (Wildman–Crippen LogP) is 5.63. The molecule has 0 saturated carbocycles. The summed E-state index contributed by atoms with van der Waals surface area (Å²) in [5.41, 5.74) is 6.31. The van der Waals surface area contributed by atoms with Crippen LogP contribution in [0, 0.1) is 0 Å². The lowest BCUT2D eigenvalue weighted by Gasteiger charge is -2.28. The number of anilines is 1. The summed E-state index contributed by atoms with van der Waals surface area (Å²) in [5, 5.41) is 0. The number of hydrogen-bond donors (Lipinski definition) is 0. The van der Waals surface area contributed by atoms with Crippen molar-refractivity contribution in [1.82, 2.24) is 0 Å². The van der Waals surface area contributed by atoms with Gasteiger partial charge in [0.25, 0.3) is 0 Å². The van der Waals surface area contributed by atoms with Crippen molar-refractivity contribution < 1.29 is 0 Å². The van der Waals surface area contributed by atoms with Gasteiger partial charge in [-0.2, -0.15) is 0 Å². The van der Waals surface area contributed by atoms with E-state index in [0.717, 1.165) is 6.54 Å². The van der Waals surface area contributed by atoms with E-state index in [9.17, 15) is 0 Å². The van der Waals surface area contributed by atoms with Crippen molar-refractivity contribution in [2.45, 2.75) is 0 Å². The standard InChI is InChI=1S/C23H19N/c1-4-10-19(11-5-1)21-16-22(20-12-6-2-7-13-20)18-24(17-21)23-14-8-3-9-15-23/h1-17H,18H2. The number of rotatable bonds is 3. The fourth-order valence-corrected chi connectivity index (χ4v) is 3.07. The van der Waals surface area contributed by atoms with Crippen LogP contribution in [-0.4, -0.2) is 6.54 Å². The van der Waals surface area contributed by atoms with Gasteiger partial charge < -0.3 is 4.90 Å². The normalized spacial score (nSPS) is 14.1. The lowest BCUT2D eigenvalue weighted by molar-refractivity contribution is 1.09. The second-order valence-electron chi connectivity index (χ2n) is 5.95. The first-order chi connectivity index (χ1) is 11.9. The molecule has 0 spiro atoms. The van der Waals surface area contributed by atoms with E-state index in [4.69, 9.17) is 0 Å². The van der Waals surface area contributed by atoms with Crippen molar-refractivity contribution in [1.29, 1.82) is 0 Å². The molecule has 1 heterocycles. The Morgan fingerprint density at radius 3 is 1.75 bits per heavy atom. The number of benzene rings is 3. The molecule has 0 amide bonds. The predicted molar refractivity (Wildman–Crippen MR) is 103 cm³/mol. The number of hydrogen-bond acceptors (Lipinski definition) is 1. The molecule has 116 valence electrons. The fourth-order valence-electron chi connectivity index (χ4n) is 3.07. The Labute approximate surface area is 143 Å². The van der Waals surface area contributed by atoms with Crippen LogP contribution in [0.25, 0.3) is 11.1 Å². The summed E-state index contributed by atoms with van der Waals surface area (Å²) in [4.78, 5) is 2.32. The number of allylic oxidation sites excluding steroid dienone is 2. The summed E-state index contributed by atoms with van der Waals surface area (Å²) in [5.74, 6) is 0. The highest BCUT2D eigenvalue weighted by Gasteiger charge is 2.15. The molecule has 4 rings (SSSR count). The highest BCUT2D eigenvalue weighted by Crippen LogP contribution is 2.31. The van der Waals surface area contributed by atoms with Crippen LogP contribution < -0.4 is 4.90 Å². The molecule has 0 fully saturated rings. The zero-order valence-electron chi connectivity index (χ0n) is 13.5. The number of nitrogens with zero attached hydrogens (tertiary/aromatic N) is 1. The molecular formula is C23H19N. The largest absolute Gasteiger partial charge is 0.343 e. The van der Waals surface area contributed by atoms with E-state index in [0.29, 0.717) is 0 Å². The van der Waals surface area contributed by atoms with Crippen LogP contribution in [0.1, 0.15) is 11.1 Å². The summed E-state index contributed by atoms with van der Waals surface area (Å²) in [6.07, 6.45) is 4.56. The zero-order chi connectivity index (χ0) is 16.2. The minimum Gasteiger partial charge on any atom is -0.343 e. The Bertz CT molecular complexity index is 862. The van der Waals surface area contributed by atoms with Gasteiger partial charge in [0.15, 0.2) is 0 Å². The topological polar surface area (TPSA) is 3.24 Å². The van der Waals surface area contributed by atoms with Crippen molar-refractivity contribution in [3.05, 3.63) is 114 Å². The van der Waals surface area contributed by atoms with Gasteiger partial charge in [-0.3, -0.25) is 0 Å². The first-order valence-corrected chi connectivity index (χ1v) is 8.25. The lowest BCUT2D eigenvalue weighted by atomic mass is 9.96. The summed E-state index contributed by atoms with van der Waals surface area (Å²) < 4.78 is 0. The maximum absolute atomic E-state index is 2.32. The molecule has 1 aliphatic rings. The van der Waals surface area contributed by atoms with Crippen LogP contribution >= 0.6 is 0 Å². The molecule has 0 aromatic heterocycles. The first kappa shape index (κ1) is 14.5. The average Bonchev–Trinajstić information content (AvgIpc) is 2.70. The Balaban J connectivity index is 1.79. The molecule has 1 heteroatoms. The van der Waals surface area contributed by atoms with Gasteiger partial charge in [-0.05, 0) is 40.5 Å². The molecule has 0 bridgehead atoms. The Morgan fingerprint density at radius 1 is 0.583 bits per heavy atom. The minimum absolute atomic E-state index is 0.879. The first-order valence-electron chi connectivity index (χ1n) is 8.25. The van der Waals surface area contributed by atoms with Crippen molar-refractivity contribution >= 4 is 16.8 Å². The highest BCUT2D eigenvalue weighted by atomic mass is 15.1. The van der Waals surface area contributed by atoms with Gasteiger partial charge in [-0.25, -0.2) is 0 Å². The molecule has 1 nitrogen and oxygen atoms in total. The third-order valence-corrected chi connectivity index (χ3v) is 4.30. The summed E-state index contributed by atoms with van der Waals surface area (Å²) in [6, 6.07) is 31.8. The Kier molecular flexibility index (Phi) is 3.99. The van der Waals surface area contributed by atoms with Crippen LogP contribution in [0.2, 0.25) is 0 Å². The van der Waals surface area contributed by atoms with Crippen molar-refractivity contribution in [2.75, 3.05) is 11.4 Å². The van der Waals surface area contributed by atoms with E-state index < -0.39 is 0 Å². The maximum atomic E-state index is 2.32. The van der Waals surface area contributed by atoms with Crippen molar-refractivity contribution in [2.24, 2.45) is 0 Å². The van der Waals surface area contributed by atoms with E-state index in [2.05, 4.69) is 108 Å². The van der Waals surface area contributed by atoms with Crippen molar-refractivity contribution in [3.63, 3.8) is 0 Å². The molecule has 0 radical (unpaired) electrons. The number of para-hydroxylation sites is 1. The second kappa shape index (κ2) is 6.59. The van der Waals surface area contributed by atoms with Crippen LogP contribution in [-0.2, 0) is 0 Å². The van der Waals surface area contributed by atoms with Crippen LogP contribution in [0.3, 0.4) is 0 Å². The fraction of sp³-hybridized carbons (Fsp3) is 0.0435. The highest BCUT2D eigenvalue weighted by molar-refractivity contribution is 5.89.